The predicted molar refractivity (Wildman–Crippen MR) is 112 cm³/mol. The third-order valence-corrected chi connectivity index (χ3v) is 4.43. The Labute approximate surface area is 165 Å². The molecule has 0 bridgehead atoms. The standard InChI is InChI=1S/C21H15ClN4O2/c22-14-6-5-7-15(12-14)25-24-13-18-16-8-1-2-9-17(16)20(27)26(21(18)28)19-10-3-4-11-23-19/h1-13,25,28H/b24-13+. The van der Waals surface area contributed by atoms with Gasteiger partial charge in [0.15, 0.2) is 0 Å². The van der Waals surface area contributed by atoms with Crippen LogP contribution in [0.15, 0.2) is 82.8 Å². The van der Waals surface area contributed by atoms with Crippen LogP contribution >= 0.6 is 11.6 Å². The molecular weight excluding hydrogens is 376 g/mol. The van der Waals surface area contributed by atoms with Crippen LogP contribution < -0.4 is 11.0 Å². The second-order valence-corrected chi connectivity index (χ2v) is 6.43. The summed E-state index contributed by atoms with van der Waals surface area (Å²) in [6.45, 7) is 0. The van der Waals surface area contributed by atoms with Gasteiger partial charge in [0, 0.05) is 22.0 Å². The summed E-state index contributed by atoms with van der Waals surface area (Å²) in [6, 6.07) is 19.3. The van der Waals surface area contributed by atoms with Crippen molar-refractivity contribution in [2.75, 3.05) is 5.43 Å². The summed E-state index contributed by atoms with van der Waals surface area (Å²) < 4.78 is 1.17. The maximum atomic E-state index is 12.9. The Bertz CT molecular complexity index is 1240. The van der Waals surface area contributed by atoms with Gasteiger partial charge in [0.25, 0.3) is 5.56 Å². The number of anilines is 1. The van der Waals surface area contributed by atoms with E-state index >= 15 is 0 Å². The molecule has 0 spiro atoms. The van der Waals surface area contributed by atoms with Crippen LogP contribution in [-0.2, 0) is 0 Å². The fraction of sp³-hybridized carbons (Fsp3) is 0. The van der Waals surface area contributed by atoms with Crippen LogP contribution in [0.1, 0.15) is 5.56 Å². The smallest absolute Gasteiger partial charge is 0.267 e. The molecule has 28 heavy (non-hydrogen) atoms. The SMILES string of the molecule is O=c1c2ccccc2c(/C=N/Nc2cccc(Cl)c2)c(O)n1-c1ccccn1. The Morgan fingerprint density at radius 2 is 1.82 bits per heavy atom. The van der Waals surface area contributed by atoms with Crippen molar-refractivity contribution in [2.24, 2.45) is 5.10 Å². The van der Waals surface area contributed by atoms with E-state index in [2.05, 4.69) is 15.5 Å². The predicted octanol–water partition coefficient (Wildman–Crippen LogP) is 4.19. The number of aromatic hydroxyl groups is 1. The summed E-state index contributed by atoms with van der Waals surface area (Å²) in [6.07, 6.45) is 3.03. The van der Waals surface area contributed by atoms with Gasteiger partial charge in [0.05, 0.1) is 17.5 Å². The molecule has 4 rings (SSSR count). The molecule has 0 fully saturated rings. The summed E-state index contributed by atoms with van der Waals surface area (Å²) in [5, 5.41) is 16.7. The highest BCUT2D eigenvalue weighted by Crippen LogP contribution is 2.25. The lowest BCUT2D eigenvalue weighted by Gasteiger charge is -2.12. The van der Waals surface area contributed by atoms with Gasteiger partial charge in [-0.1, -0.05) is 41.9 Å². The minimum atomic E-state index is -0.355. The third kappa shape index (κ3) is 3.33. The normalized spacial score (nSPS) is 11.2. The Kier molecular flexibility index (Phi) is 4.78. The molecule has 2 N–H and O–H groups in total. The zero-order valence-electron chi connectivity index (χ0n) is 14.6. The van der Waals surface area contributed by atoms with E-state index in [4.69, 9.17) is 11.6 Å². The number of fused-ring (bicyclic) bond motifs is 1. The van der Waals surface area contributed by atoms with Crippen LogP contribution in [0.5, 0.6) is 5.88 Å². The summed E-state index contributed by atoms with van der Waals surface area (Å²) in [5.41, 5.74) is 3.61. The molecule has 2 heterocycles. The summed E-state index contributed by atoms with van der Waals surface area (Å²) in [5.74, 6) is 0.0900. The molecule has 6 nitrogen and oxygen atoms in total. The van der Waals surface area contributed by atoms with Crippen LogP contribution in [0.3, 0.4) is 0 Å². The fourth-order valence-corrected chi connectivity index (χ4v) is 3.11. The van der Waals surface area contributed by atoms with E-state index in [9.17, 15) is 9.90 Å². The first kappa shape index (κ1) is 17.8. The van der Waals surface area contributed by atoms with Gasteiger partial charge < -0.3 is 5.11 Å². The highest BCUT2D eigenvalue weighted by Gasteiger charge is 2.16. The van der Waals surface area contributed by atoms with Gasteiger partial charge in [-0.3, -0.25) is 10.2 Å². The molecule has 2 aromatic carbocycles. The number of hydrogen-bond donors (Lipinski definition) is 2. The van der Waals surface area contributed by atoms with Gasteiger partial charge >= 0.3 is 0 Å². The summed E-state index contributed by atoms with van der Waals surface area (Å²) in [7, 11) is 0. The first-order valence-corrected chi connectivity index (χ1v) is 8.86. The molecule has 0 radical (unpaired) electrons. The minimum Gasteiger partial charge on any atom is -0.494 e. The van der Waals surface area contributed by atoms with E-state index in [1.54, 1.807) is 66.9 Å². The lowest BCUT2D eigenvalue weighted by atomic mass is 10.1. The average molecular weight is 391 g/mol. The maximum absolute atomic E-state index is 12.9. The van der Waals surface area contributed by atoms with E-state index in [-0.39, 0.29) is 11.4 Å². The van der Waals surface area contributed by atoms with Crippen molar-refractivity contribution in [3.05, 3.63) is 93.9 Å². The zero-order valence-corrected chi connectivity index (χ0v) is 15.3. The van der Waals surface area contributed by atoms with Crippen molar-refractivity contribution in [3.63, 3.8) is 0 Å². The molecule has 2 aromatic heterocycles. The number of pyridine rings is 2. The summed E-state index contributed by atoms with van der Waals surface area (Å²) >= 11 is 5.97. The zero-order chi connectivity index (χ0) is 19.5. The van der Waals surface area contributed by atoms with Crippen molar-refractivity contribution in [2.45, 2.75) is 0 Å². The van der Waals surface area contributed by atoms with Gasteiger partial charge in [0.1, 0.15) is 5.82 Å². The van der Waals surface area contributed by atoms with Crippen molar-refractivity contribution < 1.29 is 5.11 Å². The number of benzene rings is 2. The van der Waals surface area contributed by atoms with Crippen molar-refractivity contribution in [1.82, 2.24) is 9.55 Å². The topological polar surface area (TPSA) is 79.5 Å². The van der Waals surface area contributed by atoms with Crippen molar-refractivity contribution >= 4 is 34.3 Å². The lowest BCUT2D eigenvalue weighted by Crippen LogP contribution is -2.21. The van der Waals surface area contributed by atoms with Crippen LogP contribution in [0.25, 0.3) is 16.6 Å². The lowest BCUT2D eigenvalue weighted by molar-refractivity contribution is 0.435. The van der Waals surface area contributed by atoms with Gasteiger partial charge in [-0.15, -0.1) is 0 Å². The van der Waals surface area contributed by atoms with E-state index in [1.807, 2.05) is 6.07 Å². The first-order chi connectivity index (χ1) is 13.6. The highest BCUT2D eigenvalue weighted by molar-refractivity contribution is 6.30. The molecule has 0 aliphatic rings. The second kappa shape index (κ2) is 7.54. The van der Waals surface area contributed by atoms with Crippen LogP contribution in [0.4, 0.5) is 5.69 Å². The van der Waals surface area contributed by atoms with E-state index < -0.39 is 0 Å². The van der Waals surface area contributed by atoms with E-state index in [0.29, 0.717) is 32.9 Å². The Hall–Kier alpha value is -3.64. The van der Waals surface area contributed by atoms with Gasteiger partial charge in [-0.2, -0.15) is 5.10 Å². The molecule has 138 valence electrons. The molecule has 0 aliphatic heterocycles. The second-order valence-electron chi connectivity index (χ2n) is 5.99. The third-order valence-electron chi connectivity index (χ3n) is 4.19. The van der Waals surface area contributed by atoms with Crippen molar-refractivity contribution in [1.29, 1.82) is 0 Å². The molecule has 0 saturated heterocycles. The molecule has 0 unspecified atom stereocenters. The van der Waals surface area contributed by atoms with Gasteiger partial charge in [-0.05, 0) is 36.4 Å². The molecular formula is C21H15ClN4O2. The van der Waals surface area contributed by atoms with Gasteiger partial charge in [0.2, 0.25) is 5.88 Å². The molecule has 4 aromatic rings. The quantitative estimate of drug-likeness (QED) is 0.404. The number of hydrogen-bond acceptors (Lipinski definition) is 5. The number of nitrogens with one attached hydrogen (secondary N) is 1. The van der Waals surface area contributed by atoms with E-state index in [1.165, 1.54) is 10.8 Å². The minimum absolute atomic E-state index is 0.237. The number of hydrazone groups is 1. The Morgan fingerprint density at radius 3 is 2.57 bits per heavy atom. The number of rotatable bonds is 4. The summed E-state index contributed by atoms with van der Waals surface area (Å²) in [4.78, 5) is 17.1. The molecule has 0 saturated carbocycles. The first-order valence-electron chi connectivity index (χ1n) is 8.48. The molecule has 0 aliphatic carbocycles. The Balaban J connectivity index is 1.85. The monoisotopic (exact) mass is 390 g/mol. The number of aromatic nitrogens is 2. The van der Waals surface area contributed by atoms with Crippen LogP contribution in [0.2, 0.25) is 5.02 Å². The Morgan fingerprint density at radius 1 is 1.04 bits per heavy atom. The maximum Gasteiger partial charge on any atom is 0.267 e. The van der Waals surface area contributed by atoms with Crippen LogP contribution in [0, 0.1) is 0 Å². The molecule has 0 atom stereocenters. The number of halogens is 1. The van der Waals surface area contributed by atoms with E-state index in [0.717, 1.165) is 0 Å². The van der Waals surface area contributed by atoms with Crippen LogP contribution in [-0.4, -0.2) is 20.9 Å². The molecule has 7 heteroatoms. The van der Waals surface area contributed by atoms with Gasteiger partial charge in [-0.25, -0.2) is 9.55 Å². The highest BCUT2D eigenvalue weighted by atomic mass is 35.5. The average Bonchev–Trinajstić information content (AvgIpc) is 2.71. The fourth-order valence-electron chi connectivity index (χ4n) is 2.92. The largest absolute Gasteiger partial charge is 0.494 e. The number of nitrogens with zero attached hydrogens (tertiary/aromatic N) is 3. The molecule has 0 amide bonds. The van der Waals surface area contributed by atoms with Crippen molar-refractivity contribution in [3.8, 4) is 11.7 Å².